The number of nitrogen functional groups attached to an aromatic ring is 1. The van der Waals surface area contributed by atoms with E-state index in [1.165, 1.54) is 0 Å². The van der Waals surface area contributed by atoms with Crippen LogP contribution in [-0.4, -0.2) is 16.3 Å². The molecule has 1 aliphatic carbocycles. The van der Waals surface area contributed by atoms with E-state index in [1.807, 2.05) is 19.1 Å². The van der Waals surface area contributed by atoms with Crippen molar-refractivity contribution in [2.24, 2.45) is 5.73 Å². The number of aromatic hydroxyl groups is 1. The first-order valence-electron chi connectivity index (χ1n) is 5.81. The number of allylic oxidation sites excluding steroid dienone is 2. The third kappa shape index (κ3) is 1.62. The lowest BCUT2D eigenvalue weighted by molar-refractivity contribution is 0.0602. The first kappa shape index (κ1) is 12.7. The fraction of sp³-hybridized carbons (Fsp3) is 0.286. The van der Waals surface area contributed by atoms with Crippen LogP contribution in [0.1, 0.15) is 18.1 Å². The topological polar surface area (TPSA) is 92.5 Å². The molecule has 4 nitrogen and oxygen atoms in total. The standard InChI is InChI=1S/C14H18N2O2/c1-8-4-3-5-12(16)14(8,18)10-6-7-11(15)13(17)9(10)2/h3-7,12,17-18H,15-16H2,1-2H3. The molecule has 0 amide bonds. The lowest BCUT2D eigenvalue weighted by Crippen LogP contribution is -2.46. The maximum atomic E-state index is 10.9. The van der Waals surface area contributed by atoms with Crippen molar-refractivity contribution < 1.29 is 10.2 Å². The summed E-state index contributed by atoms with van der Waals surface area (Å²) in [6.45, 7) is 3.54. The molecule has 0 saturated carbocycles. The van der Waals surface area contributed by atoms with Crippen molar-refractivity contribution in [3.05, 3.63) is 47.1 Å². The van der Waals surface area contributed by atoms with Crippen LogP contribution in [0.5, 0.6) is 5.75 Å². The van der Waals surface area contributed by atoms with E-state index in [2.05, 4.69) is 0 Å². The summed E-state index contributed by atoms with van der Waals surface area (Å²) in [6, 6.07) is 2.73. The summed E-state index contributed by atoms with van der Waals surface area (Å²) >= 11 is 0. The van der Waals surface area contributed by atoms with E-state index in [-0.39, 0.29) is 5.75 Å². The van der Waals surface area contributed by atoms with Crippen LogP contribution in [0.25, 0.3) is 0 Å². The van der Waals surface area contributed by atoms with Crippen molar-refractivity contribution in [3.63, 3.8) is 0 Å². The Morgan fingerprint density at radius 2 is 1.94 bits per heavy atom. The van der Waals surface area contributed by atoms with Crippen LogP contribution in [0.4, 0.5) is 5.69 Å². The van der Waals surface area contributed by atoms with E-state index < -0.39 is 11.6 Å². The quantitative estimate of drug-likeness (QED) is 0.444. The summed E-state index contributed by atoms with van der Waals surface area (Å²) in [5.74, 6) is -0.00419. The highest BCUT2D eigenvalue weighted by molar-refractivity contribution is 5.61. The van der Waals surface area contributed by atoms with E-state index in [1.54, 1.807) is 25.1 Å². The lowest BCUT2D eigenvalue weighted by atomic mass is 9.76. The van der Waals surface area contributed by atoms with Gasteiger partial charge in [-0.05, 0) is 36.6 Å². The van der Waals surface area contributed by atoms with Gasteiger partial charge in [0.25, 0.3) is 0 Å². The van der Waals surface area contributed by atoms with Gasteiger partial charge in [0.2, 0.25) is 0 Å². The average Bonchev–Trinajstić information content (AvgIpc) is 2.33. The number of phenolic OH excluding ortho intramolecular Hbond substituents is 1. The smallest absolute Gasteiger partial charge is 0.141 e. The Hall–Kier alpha value is -1.78. The molecule has 4 heteroatoms. The van der Waals surface area contributed by atoms with Crippen LogP contribution >= 0.6 is 0 Å². The SMILES string of the molecule is CC1=CC=CC(N)C1(O)c1ccc(N)c(O)c1C. The van der Waals surface area contributed by atoms with Gasteiger partial charge in [-0.1, -0.05) is 24.3 Å². The first-order chi connectivity index (χ1) is 8.39. The minimum Gasteiger partial charge on any atom is -0.506 e. The Balaban J connectivity index is 2.65. The molecule has 0 aliphatic heterocycles. The van der Waals surface area contributed by atoms with Crippen LogP contribution < -0.4 is 11.5 Å². The maximum absolute atomic E-state index is 10.9. The first-order valence-corrected chi connectivity index (χ1v) is 5.81. The highest BCUT2D eigenvalue weighted by atomic mass is 16.3. The molecule has 0 saturated heterocycles. The molecule has 2 atom stereocenters. The summed E-state index contributed by atoms with van der Waals surface area (Å²) < 4.78 is 0. The van der Waals surface area contributed by atoms with Crippen molar-refractivity contribution in [1.82, 2.24) is 0 Å². The predicted octanol–water partition coefficient (Wildman–Crippen LogP) is 1.31. The molecule has 2 unspecified atom stereocenters. The number of hydrogen-bond donors (Lipinski definition) is 4. The van der Waals surface area contributed by atoms with Gasteiger partial charge in [0.15, 0.2) is 0 Å². The van der Waals surface area contributed by atoms with E-state index in [0.717, 1.165) is 5.57 Å². The average molecular weight is 246 g/mol. The van der Waals surface area contributed by atoms with Gasteiger partial charge in [-0.25, -0.2) is 0 Å². The molecule has 2 rings (SSSR count). The second kappa shape index (κ2) is 4.15. The van der Waals surface area contributed by atoms with E-state index in [0.29, 0.717) is 16.8 Å². The summed E-state index contributed by atoms with van der Waals surface area (Å²) in [5.41, 5.74) is 12.5. The molecule has 1 aliphatic rings. The predicted molar refractivity (Wildman–Crippen MR) is 72.0 cm³/mol. The number of hydrogen-bond acceptors (Lipinski definition) is 4. The molecule has 6 N–H and O–H groups in total. The number of benzene rings is 1. The Labute approximate surface area is 106 Å². The molecule has 1 aromatic carbocycles. The third-order valence-corrected chi connectivity index (χ3v) is 3.62. The summed E-state index contributed by atoms with van der Waals surface area (Å²) in [4.78, 5) is 0. The number of aliphatic hydroxyl groups is 1. The van der Waals surface area contributed by atoms with Crippen LogP contribution in [0.2, 0.25) is 0 Å². The molecule has 0 radical (unpaired) electrons. The van der Waals surface area contributed by atoms with Crippen molar-refractivity contribution in [2.75, 3.05) is 5.73 Å². The summed E-state index contributed by atoms with van der Waals surface area (Å²) in [5, 5.41) is 20.8. The van der Waals surface area contributed by atoms with Crippen LogP contribution in [-0.2, 0) is 5.60 Å². The fourth-order valence-corrected chi connectivity index (χ4v) is 2.37. The minimum atomic E-state index is -1.30. The molecule has 0 aromatic heterocycles. The van der Waals surface area contributed by atoms with Crippen molar-refractivity contribution >= 4 is 5.69 Å². The van der Waals surface area contributed by atoms with Gasteiger partial charge in [-0.15, -0.1) is 0 Å². The molecular weight excluding hydrogens is 228 g/mol. The molecule has 0 fully saturated rings. The monoisotopic (exact) mass is 246 g/mol. The van der Waals surface area contributed by atoms with E-state index in [9.17, 15) is 10.2 Å². The van der Waals surface area contributed by atoms with Crippen molar-refractivity contribution in [1.29, 1.82) is 0 Å². The van der Waals surface area contributed by atoms with Crippen LogP contribution in [0.15, 0.2) is 35.9 Å². The van der Waals surface area contributed by atoms with Gasteiger partial charge in [0.05, 0.1) is 11.7 Å². The largest absolute Gasteiger partial charge is 0.506 e. The van der Waals surface area contributed by atoms with Gasteiger partial charge in [-0.3, -0.25) is 0 Å². The van der Waals surface area contributed by atoms with Gasteiger partial charge in [0.1, 0.15) is 11.4 Å². The second-order valence-corrected chi connectivity index (χ2v) is 4.70. The molecule has 0 bridgehead atoms. The van der Waals surface area contributed by atoms with Gasteiger partial charge < -0.3 is 21.7 Å². The number of phenols is 1. The Morgan fingerprint density at radius 3 is 2.56 bits per heavy atom. The fourth-order valence-electron chi connectivity index (χ4n) is 2.37. The molecular formula is C14H18N2O2. The Morgan fingerprint density at radius 1 is 1.28 bits per heavy atom. The molecule has 18 heavy (non-hydrogen) atoms. The van der Waals surface area contributed by atoms with Gasteiger partial charge in [0, 0.05) is 0 Å². The number of nitrogens with two attached hydrogens (primary N) is 2. The lowest BCUT2D eigenvalue weighted by Gasteiger charge is -2.37. The highest BCUT2D eigenvalue weighted by Crippen LogP contribution is 2.40. The zero-order valence-electron chi connectivity index (χ0n) is 10.5. The minimum absolute atomic E-state index is 0.00419. The second-order valence-electron chi connectivity index (χ2n) is 4.70. The summed E-state index contributed by atoms with van der Waals surface area (Å²) in [6.07, 6.45) is 5.37. The summed E-state index contributed by atoms with van der Waals surface area (Å²) in [7, 11) is 0. The zero-order valence-corrected chi connectivity index (χ0v) is 10.5. The molecule has 0 spiro atoms. The van der Waals surface area contributed by atoms with Crippen molar-refractivity contribution in [2.45, 2.75) is 25.5 Å². The van der Waals surface area contributed by atoms with Crippen LogP contribution in [0.3, 0.4) is 0 Å². The molecule has 96 valence electrons. The van der Waals surface area contributed by atoms with Gasteiger partial charge in [-0.2, -0.15) is 0 Å². The van der Waals surface area contributed by atoms with Crippen molar-refractivity contribution in [3.8, 4) is 5.75 Å². The normalized spacial score (nSPS) is 27.1. The molecule has 0 heterocycles. The van der Waals surface area contributed by atoms with E-state index >= 15 is 0 Å². The number of rotatable bonds is 1. The van der Waals surface area contributed by atoms with Gasteiger partial charge >= 0.3 is 0 Å². The highest BCUT2D eigenvalue weighted by Gasteiger charge is 2.39. The van der Waals surface area contributed by atoms with Crippen LogP contribution in [0, 0.1) is 6.92 Å². The maximum Gasteiger partial charge on any atom is 0.141 e. The van der Waals surface area contributed by atoms with E-state index in [4.69, 9.17) is 11.5 Å². The zero-order chi connectivity index (χ0) is 13.5. The Bertz CT molecular complexity index is 549. The molecule has 1 aromatic rings. The Kier molecular flexibility index (Phi) is 2.92. The third-order valence-electron chi connectivity index (χ3n) is 3.62. The number of anilines is 1.